The summed E-state index contributed by atoms with van der Waals surface area (Å²) in [7, 11) is 0. The Morgan fingerprint density at radius 3 is 1.26 bits per heavy atom. The Labute approximate surface area is 793 Å². The molecule has 621 valence electrons. The van der Waals surface area contributed by atoms with Crippen LogP contribution in [0.25, 0.3) is 22.3 Å². The van der Waals surface area contributed by atoms with E-state index < -0.39 is 6.67 Å². The second-order valence-electron chi connectivity index (χ2n) is 31.0. The van der Waals surface area contributed by atoms with E-state index in [1.807, 2.05) is 139 Å². The van der Waals surface area contributed by atoms with Crippen LogP contribution in [-0.4, -0.2) is 61.3 Å². The number of alkyl halides is 1. The Bertz CT molecular complexity index is 5990. The molecule has 5 heterocycles. The topological polar surface area (TPSA) is 90.5 Å². The Kier molecular flexibility index (Phi) is 38.2. The van der Waals surface area contributed by atoms with Crippen molar-refractivity contribution in [1.82, 2.24) is 24.9 Å². The fourth-order valence-corrected chi connectivity index (χ4v) is 16.8. The number of hydrogen-bond donors (Lipinski definition) is 1. The molecule has 6 nitrogen and oxygen atoms in total. The summed E-state index contributed by atoms with van der Waals surface area (Å²) in [6.07, 6.45) is 0. The van der Waals surface area contributed by atoms with Crippen molar-refractivity contribution in [2.24, 2.45) is 0 Å². The van der Waals surface area contributed by atoms with Crippen molar-refractivity contribution in [3.63, 3.8) is 0 Å². The van der Waals surface area contributed by atoms with Crippen LogP contribution in [0.1, 0.15) is 115 Å². The van der Waals surface area contributed by atoms with Crippen LogP contribution in [0.5, 0.6) is 0 Å². The summed E-state index contributed by atoms with van der Waals surface area (Å²) in [5, 5.41) is 0. The van der Waals surface area contributed by atoms with Crippen LogP contribution < -0.4 is 59.7 Å². The van der Waals surface area contributed by atoms with Crippen molar-refractivity contribution in [1.29, 1.82) is 0 Å². The van der Waals surface area contributed by atoms with Gasteiger partial charge in [0.2, 0.25) is 36.4 Å². The van der Waals surface area contributed by atoms with Gasteiger partial charge in [-0.1, -0.05) is 274 Å². The van der Waals surface area contributed by atoms with E-state index in [2.05, 4.69) is 340 Å². The third-order valence-electron chi connectivity index (χ3n) is 21.5. The van der Waals surface area contributed by atoms with Gasteiger partial charge in [0, 0.05) is 125 Å². The van der Waals surface area contributed by atoms with Gasteiger partial charge in [-0.05, 0) is 159 Å². The van der Waals surface area contributed by atoms with Crippen LogP contribution in [0.4, 0.5) is 10.2 Å². The van der Waals surface area contributed by atoms with Crippen LogP contribution in [0.2, 0.25) is 0 Å². The zero-order valence-electron chi connectivity index (χ0n) is 72.0. The van der Waals surface area contributed by atoms with Gasteiger partial charge in [0.1, 0.15) is 12.5 Å². The molecule has 0 aliphatic rings. The van der Waals surface area contributed by atoms with Gasteiger partial charge in [0.15, 0.2) is 0 Å². The molecular formula is C108H100AlB3FIr4N6-4. The first-order chi connectivity index (χ1) is 57.6. The molecule has 0 spiro atoms. The minimum absolute atomic E-state index is 0. The summed E-state index contributed by atoms with van der Waals surface area (Å²) in [6, 6.07) is 130. The number of aryl methyl sites for hydroxylation is 11. The van der Waals surface area contributed by atoms with Crippen molar-refractivity contribution >= 4 is 107 Å². The number of nitrogens with two attached hydrogens (primary N) is 1. The fraction of sp³-hybridized carbons (Fsp3) is 0.139. The number of nitrogens with zero attached hydrogens (tertiary/aromatic N) is 5. The molecule has 2 N–H and O–H groups in total. The van der Waals surface area contributed by atoms with Gasteiger partial charge in [-0.15, -0.1) is 45.9 Å². The Morgan fingerprint density at radius 1 is 0.350 bits per heavy atom. The number of halogens is 1. The molecule has 0 unspecified atom stereocenters. The van der Waals surface area contributed by atoms with Crippen LogP contribution >= 0.6 is 0 Å². The SMILES string of the molecule is Cc1cc(C)c(B(c2[c-]ccc(-c3ccccc3)c2)c2cccc(C)n2)c(C)c1.Cc1cc(C)c(B(c2[c-]cccc2)c2cccc(N)n2)c(C)c1.Cc1cccc(C(=C(c2ccccc2)c2ccccc2)c2[c-]cccc2)n1.Cc1cccc(C(C)(C)c2cccc[c]2[AlH])n1.Cc1cccc(C)c1B(c1[c-]cccc1)c1cccc(CF)n1.[Ir].[Ir].[Ir].[Ir]. The number of nitrogen functional groups attached to an aromatic ring is 1. The maximum absolute atomic E-state index is 13.1. The van der Waals surface area contributed by atoms with E-state index in [0.717, 1.165) is 78.3 Å². The van der Waals surface area contributed by atoms with Gasteiger partial charge in [0.25, 0.3) is 0 Å². The molecule has 123 heavy (non-hydrogen) atoms. The molecule has 0 aliphatic heterocycles. The molecule has 0 saturated heterocycles. The zero-order chi connectivity index (χ0) is 84.0. The molecule has 5 aromatic heterocycles. The molecule has 0 saturated carbocycles. The summed E-state index contributed by atoms with van der Waals surface area (Å²) in [5.74, 6) is 0.547. The van der Waals surface area contributed by atoms with Gasteiger partial charge in [0.05, 0.1) is 11.4 Å². The number of pyridine rings is 5. The number of rotatable bonds is 17. The maximum Gasteiger partial charge on any atom is 0.241 e. The van der Waals surface area contributed by atoms with E-state index in [9.17, 15) is 4.39 Å². The average molecular weight is 2330 g/mol. The van der Waals surface area contributed by atoms with E-state index in [1.54, 1.807) is 6.07 Å². The summed E-state index contributed by atoms with van der Waals surface area (Å²) in [4.78, 5) is 23.5. The van der Waals surface area contributed by atoms with E-state index in [1.165, 1.54) is 93.1 Å². The number of aromatic nitrogens is 5. The van der Waals surface area contributed by atoms with Crippen LogP contribution in [-0.2, 0) is 92.5 Å². The number of anilines is 1. The van der Waals surface area contributed by atoms with E-state index in [4.69, 9.17) is 15.7 Å². The minimum atomic E-state index is -0.550. The van der Waals surface area contributed by atoms with E-state index in [-0.39, 0.29) is 106 Å². The summed E-state index contributed by atoms with van der Waals surface area (Å²) in [6.45, 7) is 27.4. The number of hydrogen-bond acceptors (Lipinski definition) is 6. The Hall–Kier alpha value is -10.0. The molecule has 0 bridgehead atoms. The Morgan fingerprint density at radius 2 is 0.772 bits per heavy atom. The number of benzene rings is 11. The van der Waals surface area contributed by atoms with Crippen LogP contribution in [0.3, 0.4) is 0 Å². The molecule has 15 heteroatoms. The summed E-state index contributed by atoms with van der Waals surface area (Å²) >= 11 is 1.94. The van der Waals surface area contributed by atoms with Gasteiger partial charge in [-0.25, -0.2) is 9.37 Å². The van der Waals surface area contributed by atoms with Crippen LogP contribution in [0.15, 0.2) is 340 Å². The second-order valence-corrected chi connectivity index (χ2v) is 31.8. The molecule has 16 aromatic rings. The standard InChI is InChI=1S/C27H25BN.C26H20N.C20H18BFN.C20H20BN2.C15H16N.Al.4Ir.H/c1-19-16-20(2)27(21(3)17-19)28(26-15-8-10-22(4)29-26)25-14-9-13-24(18-25)23-11-6-5-7-12-23;1-20-12-11-19-24(27-20)26(23-17-9-4-10-18-23)25(21-13-5-2-6-14-21)22-15-7-3-8-16-22;1-15-8-6-9-16(2)20(15)21(17-10-4-3-5-11-17)19-13-7-12-18(14-22)23-19;1-14-12-15(2)20(16(3)13-14)21(17-8-5-4-6-9-17)18-10-7-11-19(22)23-18;1-12-8-7-11-14(16-12)15(2,3)13-9-5-4-6-10-13;;;;;;/h5-13,15-18H,1-4H3;2-17,19H,1H3;3-10,12-13H,14H2,1-2H3;4-8,10-13H,1-3H3,(H2,22,23);4-9,11H,1-3H3;;;;;;/q4*-1;;;;;;;. The summed E-state index contributed by atoms with van der Waals surface area (Å²) in [5.41, 5.74) is 41.2. The predicted molar refractivity (Wildman–Crippen MR) is 506 cm³/mol. The van der Waals surface area contributed by atoms with Crippen molar-refractivity contribution in [3.05, 3.63) is 465 Å². The molecule has 11 aromatic carbocycles. The van der Waals surface area contributed by atoms with Gasteiger partial charge in [-0.3, -0.25) is 19.9 Å². The average Bonchev–Trinajstić information content (AvgIpc) is 0.788. The monoisotopic (exact) mass is 2330 g/mol. The van der Waals surface area contributed by atoms with Crippen LogP contribution in [0, 0.1) is 100 Å². The first-order valence-electron chi connectivity index (χ1n) is 40.7. The quantitative estimate of drug-likeness (QED) is 0.0555. The van der Waals surface area contributed by atoms with Gasteiger partial charge < -0.3 is 5.73 Å². The fourth-order valence-electron chi connectivity index (χ4n) is 16.1. The van der Waals surface area contributed by atoms with Crippen molar-refractivity contribution in [2.45, 2.75) is 102 Å². The first kappa shape index (κ1) is 98.4. The van der Waals surface area contributed by atoms with E-state index >= 15 is 0 Å². The molecular weight excluding hydrogens is 2230 g/mol. The molecule has 0 fully saturated rings. The molecule has 0 amide bonds. The van der Waals surface area contributed by atoms with Crippen molar-refractivity contribution < 1.29 is 84.8 Å². The van der Waals surface area contributed by atoms with Crippen molar-refractivity contribution in [3.8, 4) is 11.1 Å². The third-order valence-corrected chi connectivity index (χ3v) is 22.1. The van der Waals surface area contributed by atoms with Crippen molar-refractivity contribution in [2.75, 3.05) is 5.73 Å². The summed E-state index contributed by atoms with van der Waals surface area (Å²) < 4.78 is 14.4. The molecule has 5 radical (unpaired) electrons. The third kappa shape index (κ3) is 25.8. The minimum Gasteiger partial charge on any atom is -0.384 e. The largest absolute Gasteiger partial charge is 0.384 e. The first-order valence-corrected chi connectivity index (χ1v) is 41.4. The van der Waals surface area contributed by atoms with Gasteiger partial charge >= 0.3 is 0 Å². The predicted octanol–water partition coefficient (Wildman–Crippen LogP) is 17.1. The molecule has 0 aliphatic carbocycles. The van der Waals surface area contributed by atoms with Gasteiger partial charge in [-0.2, -0.15) is 101 Å². The Balaban J connectivity index is 0.000000191. The maximum atomic E-state index is 13.1. The second kappa shape index (κ2) is 47.7. The molecule has 0 atom stereocenters. The smallest absolute Gasteiger partial charge is 0.241 e. The molecule has 16 rings (SSSR count). The normalized spacial score (nSPS) is 10.4. The zero-order valence-corrected chi connectivity index (χ0v) is 83.0. The van der Waals surface area contributed by atoms with E-state index in [0.29, 0.717) is 11.5 Å².